The quantitative estimate of drug-likeness (QED) is 0.897. The van der Waals surface area contributed by atoms with Crippen LogP contribution in [0.25, 0.3) is 0 Å². The molecule has 0 spiro atoms. The zero-order chi connectivity index (χ0) is 14.1. The summed E-state index contributed by atoms with van der Waals surface area (Å²) in [6.45, 7) is 1.26. The first-order chi connectivity index (χ1) is 9.65. The molecule has 2 aliphatic heterocycles. The van der Waals surface area contributed by atoms with Crippen molar-refractivity contribution in [3.8, 4) is 5.75 Å². The van der Waals surface area contributed by atoms with Gasteiger partial charge < -0.3 is 20.5 Å². The van der Waals surface area contributed by atoms with Crippen molar-refractivity contribution in [1.82, 2.24) is 0 Å². The van der Waals surface area contributed by atoms with Crippen LogP contribution in [0.2, 0.25) is 5.02 Å². The van der Waals surface area contributed by atoms with Crippen molar-refractivity contribution in [2.45, 2.75) is 31.4 Å². The molecular weight excluding hydrogens is 280 g/mol. The van der Waals surface area contributed by atoms with E-state index in [0.717, 1.165) is 25.9 Å². The lowest BCUT2D eigenvalue weighted by atomic mass is 10.1. The fraction of sp³-hybridized carbons (Fsp3) is 0.500. The minimum atomic E-state index is -0.654. The average Bonchev–Trinajstić information content (AvgIpc) is 2.73. The Hall–Kier alpha value is -1.30. The number of halogens is 1. The number of amides is 1. The number of ether oxygens (including phenoxy) is 2. The minimum absolute atomic E-state index is 0.116. The Balaban J connectivity index is 1.71. The van der Waals surface area contributed by atoms with Gasteiger partial charge in [-0.2, -0.15) is 0 Å². The van der Waals surface area contributed by atoms with Crippen molar-refractivity contribution in [3.05, 3.63) is 22.7 Å². The Kier molecular flexibility index (Phi) is 3.83. The van der Waals surface area contributed by atoms with Gasteiger partial charge in [0.2, 0.25) is 5.91 Å². The van der Waals surface area contributed by atoms with E-state index in [4.69, 9.17) is 26.8 Å². The number of anilines is 1. The highest BCUT2D eigenvalue weighted by Gasteiger charge is 2.28. The lowest BCUT2D eigenvalue weighted by molar-refractivity contribution is -0.116. The van der Waals surface area contributed by atoms with Crippen molar-refractivity contribution in [3.63, 3.8) is 0 Å². The van der Waals surface area contributed by atoms with Crippen LogP contribution in [0.15, 0.2) is 12.1 Å². The summed E-state index contributed by atoms with van der Waals surface area (Å²) in [4.78, 5) is 11.5. The highest BCUT2D eigenvalue weighted by molar-refractivity contribution is 6.32. The molecule has 0 bridgehead atoms. The molecule has 1 fully saturated rings. The molecule has 6 heteroatoms. The molecule has 0 aromatic heterocycles. The van der Waals surface area contributed by atoms with Crippen molar-refractivity contribution >= 4 is 23.2 Å². The van der Waals surface area contributed by atoms with E-state index in [2.05, 4.69) is 5.32 Å². The highest BCUT2D eigenvalue weighted by atomic mass is 35.5. The molecule has 1 saturated heterocycles. The fourth-order valence-corrected chi connectivity index (χ4v) is 2.74. The lowest BCUT2D eigenvalue weighted by Gasteiger charge is -2.23. The van der Waals surface area contributed by atoms with E-state index in [0.29, 0.717) is 28.6 Å². The van der Waals surface area contributed by atoms with Crippen molar-refractivity contribution in [2.24, 2.45) is 5.73 Å². The van der Waals surface area contributed by atoms with Crippen LogP contribution in [0.1, 0.15) is 30.9 Å². The topological polar surface area (TPSA) is 73.6 Å². The molecule has 108 valence electrons. The van der Waals surface area contributed by atoms with Gasteiger partial charge in [-0.05, 0) is 25.3 Å². The van der Waals surface area contributed by atoms with Crippen LogP contribution in [-0.4, -0.2) is 25.2 Å². The van der Waals surface area contributed by atoms with Gasteiger partial charge in [-0.25, -0.2) is 0 Å². The summed E-state index contributed by atoms with van der Waals surface area (Å²) in [6.07, 6.45) is 3.39. The molecule has 1 aromatic carbocycles. The van der Waals surface area contributed by atoms with E-state index in [9.17, 15) is 4.79 Å². The molecule has 0 aliphatic carbocycles. The molecule has 0 saturated carbocycles. The van der Waals surface area contributed by atoms with Gasteiger partial charge in [0.25, 0.3) is 0 Å². The predicted octanol–water partition coefficient (Wildman–Crippen LogP) is 2.24. The number of rotatable bonds is 3. The monoisotopic (exact) mass is 296 g/mol. The number of benzene rings is 1. The van der Waals surface area contributed by atoms with E-state index in [-0.39, 0.29) is 12.0 Å². The Morgan fingerprint density at radius 3 is 3.05 bits per heavy atom. The number of hydrogen-bond donors (Lipinski definition) is 2. The predicted molar refractivity (Wildman–Crippen MR) is 76.1 cm³/mol. The molecule has 1 amide bonds. The van der Waals surface area contributed by atoms with Crippen LogP contribution in [0.3, 0.4) is 0 Å². The SMILES string of the molecule is NC1C(=O)Nc2cc(OCC3CCCCO3)c(Cl)cc21. The summed E-state index contributed by atoms with van der Waals surface area (Å²) in [7, 11) is 0. The van der Waals surface area contributed by atoms with Crippen LogP contribution in [0, 0.1) is 0 Å². The Labute approximate surface area is 122 Å². The number of nitrogens with two attached hydrogens (primary N) is 1. The Morgan fingerprint density at radius 2 is 2.30 bits per heavy atom. The molecule has 2 aliphatic rings. The summed E-state index contributed by atoms with van der Waals surface area (Å²) >= 11 is 6.18. The molecule has 0 radical (unpaired) electrons. The van der Waals surface area contributed by atoms with Gasteiger partial charge in [0.1, 0.15) is 18.4 Å². The van der Waals surface area contributed by atoms with Crippen LogP contribution >= 0.6 is 11.6 Å². The first-order valence-corrected chi connectivity index (χ1v) is 7.17. The third-order valence-electron chi connectivity index (χ3n) is 3.68. The summed E-state index contributed by atoms with van der Waals surface area (Å²) < 4.78 is 11.3. The number of carbonyl (C=O) groups excluding carboxylic acids is 1. The van der Waals surface area contributed by atoms with E-state index < -0.39 is 6.04 Å². The maximum atomic E-state index is 11.5. The summed E-state index contributed by atoms with van der Waals surface area (Å²) in [5, 5.41) is 3.18. The molecule has 20 heavy (non-hydrogen) atoms. The normalized spacial score (nSPS) is 25.2. The van der Waals surface area contributed by atoms with Gasteiger partial charge in [0.05, 0.1) is 11.1 Å². The van der Waals surface area contributed by atoms with Crippen molar-refractivity contribution in [1.29, 1.82) is 0 Å². The molecule has 2 heterocycles. The van der Waals surface area contributed by atoms with Crippen molar-refractivity contribution in [2.75, 3.05) is 18.5 Å². The number of nitrogens with one attached hydrogen (secondary N) is 1. The van der Waals surface area contributed by atoms with Gasteiger partial charge in [0, 0.05) is 23.9 Å². The molecular formula is C14H17ClN2O3. The van der Waals surface area contributed by atoms with E-state index >= 15 is 0 Å². The second-order valence-corrected chi connectivity index (χ2v) is 5.54. The highest BCUT2D eigenvalue weighted by Crippen LogP contribution is 2.37. The van der Waals surface area contributed by atoms with Gasteiger partial charge >= 0.3 is 0 Å². The van der Waals surface area contributed by atoms with Gasteiger partial charge in [-0.15, -0.1) is 0 Å². The van der Waals surface area contributed by atoms with E-state index in [1.807, 2.05) is 0 Å². The molecule has 2 unspecified atom stereocenters. The zero-order valence-corrected chi connectivity index (χ0v) is 11.8. The fourth-order valence-electron chi connectivity index (χ4n) is 2.52. The third kappa shape index (κ3) is 2.61. The molecule has 1 aromatic rings. The van der Waals surface area contributed by atoms with Crippen LogP contribution in [0.5, 0.6) is 5.75 Å². The zero-order valence-electron chi connectivity index (χ0n) is 11.0. The minimum Gasteiger partial charge on any atom is -0.489 e. The summed E-state index contributed by atoms with van der Waals surface area (Å²) in [5.74, 6) is 0.331. The lowest BCUT2D eigenvalue weighted by Crippen LogP contribution is -2.25. The maximum Gasteiger partial charge on any atom is 0.245 e. The number of carbonyl (C=O) groups is 1. The summed E-state index contributed by atoms with van der Waals surface area (Å²) in [5.41, 5.74) is 7.15. The molecule has 3 N–H and O–H groups in total. The van der Waals surface area contributed by atoms with Gasteiger partial charge in [-0.1, -0.05) is 11.6 Å². The first-order valence-electron chi connectivity index (χ1n) is 6.79. The Bertz CT molecular complexity index is 529. The standard InChI is InChI=1S/C14H17ClN2O3/c15-10-5-9-11(17-14(18)13(9)16)6-12(10)20-7-8-3-1-2-4-19-8/h5-6,8,13H,1-4,7,16H2,(H,17,18). The van der Waals surface area contributed by atoms with Gasteiger partial charge in [0.15, 0.2) is 0 Å². The van der Waals surface area contributed by atoms with Crippen molar-refractivity contribution < 1.29 is 14.3 Å². The average molecular weight is 297 g/mol. The summed E-state index contributed by atoms with van der Waals surface area (Å²) in [6, 6.07) is 2.76. The van der Waals surface area contributed by atoms with E-state index in [1.165, 1.54) is 0 Å². The second kappa shape index (κ2) is 5.60. The van der Waals surface area contributed by atoms with E-state index in [1.54, 1.807) is 12.1 Å². The molecule has 2 atom stereocenters. The van der Waals surface area contributed by atoms with Crippen LogP contribution < -0.4 is 15.8 Å². The molecule has 3 rings (SSSR count). The Morgan fingerprint density at radius 1 is 1.45 bits per heavy atom. The maximum absolute atomic E-state index is 11.5. The molecule has 5 nitrogen and oxygen atoms in total. The number of fused-ring (bicyclic) bond motifs is 1. The smallest absolute Gasteiger partial charge is 0.245 e. The largest absolute Gasteiger partial charge is 0.489 e. The third-order valence-corrected chi connectivity index (χ3v) is 3.97. The van der Waals surface area contributed by atoms with Crippen LogP contribution in [0.4, 0.5) is 5.69 Å². The first kappa shape index (κ1) is 13.7. The number of hydrogen-bond acceptors (Lipinski definition) is 4. The van der Waals surface area contributed by atoms with Crippen LogP contribution in [-0.2, 0) is 9.53 Å². The van der Waals surface area contributed by atoms with Gasteiger partial charge in [-0.3, -0.25) is 4.79 Å². The second-order valence-electron chi connectivity index (χ2n) is 5.14.